The van der Waals surface area contributed by atoms with Gasteiger partial charge in [0.2, 0.25) is 5.95 Å². The van der Waals surface area contributed by atoms with E-state index in [0.29, 0.717) is 17.5 Å². The third-order valence-corrected chi connectivity index (χ3v) is 6.97. The molecule has 1 aromatic heterocycles. The van der Waals surface area contributed by atoms with Crippen molar-refractivity contribution in [1.29, 1.82) is 0 Å². The van der Waals surface area contributed by atoms with Crippen molar-refractivity contribution in [3.05, 3.63) is 76.8 Å². The van der Waals surface area contributed by atoms with Crippen molar-refractivity contribution in [2.45, 2.75) is 70.3 Å². The fraction of sp³-hybridized carbons (Fsp3) is 0.438. The van der Waals surface area contributed by atoms with Gasteiger partial charge in [0.05, 0.1) is 19.6 Å². The summed E-state index contributed by atoms with van der Waals surface area (Å²) in [7, 11) is 1.26. The number of amides is 1. The second kappa shape index (κ2) is 13.8. The number of hydrogen-bond acceptors (Lipinski definition) is 8. The summed E-state index contributed by atoms with van der Waals surface area (Å²) in [5, 5.41) is 6.02. The van der Waals surface area contributed by atoms with Crippen molar-refractivity contribution in [1.82, 2.24) is 20.2 Å². The first-order chi connectivity index (χ1) is 20.8. The molecule has 4 rings (SSSR count). The minimum absolute atomic E-state index is 0.0191. The molecular formula is C32H36F3N5O4. The number of anilines is 1. The Labute approximate surface area is 254 Å². The second-order valence-corrected chi connectivity index (χ2v) is 11.5. The monoisotopic (exact) mass is 611 g/mol. The van der Waals surface area contributed by atoms with Crippen molar-refractivity contribution >= 4 is 18.0 Å². The van der Waals surface area contributed by atoms with Gasteiger partial charge in [-0.15, -0.1) is 0 Å². The summed E-state index contributed by atoms with van der Waals surface area (Å²) in [6, 6.07) is 6.49. The number of allylic oxidation sites excluding steroid dienone is 1. The number of alkyl carbamates (subject to hydrolysis) is 1. The molecule has 1 atom stereocenters. The average molecular weight is 612 g/mol. The summed E-state index contributed by atoms with van der Waals surface area (Å²) in [5.41, 5.74) is -0.0900. The van der Waals surface area contributed by atoms with E-state index in [1.54, 1.807) is 24.3 Å². The Hall–Kier alpha value is -4.53. The minimum Gasteiger partial charge on any atom is -0.469 e. The fourth-order valence-corrected chi connectivity index (χ4v) is 4.78. The quantitative estimate of drug-likeness (QED) is 0.338. The van der Waals surface area contributed by atoms with E-state index in [-0.39, 0.29) is 24.5 Å². The highest BCUT2D eigenvalue weighted by Gasteiger charge is 2.35. The summed E-state index contributed by atoms with van der Waals surface area (Å²) in [4.78, 5) is 34.1. The lowest BCUT2D eigenvalue weighted by molar-refractivity contribution is -0.140. The molecule has 1 amide bonds. The van der Waals surface area contributed by atoms with Gasteiger partial charge in [0.1, 0.15) is 16.9 Å². The van der Waals surface area contributed by atoms with Crippen LogP contribution in [0.3, 0.4) is 0 Å². The molecule has 1 aromatic carbocycles. The van der Waals surface area contributed by atoms with Gasteiger partial charge in [0, 0.05) is 36.6 Å². The number of carbonyl (C=O) groups is 2. The van der Waals surface area contributed by atoms with Crippen molar-refractivity contribution in [3.63, 3.8) is 0 Å². The van der Waals surface area contributed by atoms with Gasteiger partial charge in [-0.25, -0.2) is 14.8 Å². The zero-order valence-electron chi connectivity index (χ0n) is 25.1. The molecule has 0 spiro atoms. The largest absolute Gasteiger partial charge is 0.469 e. The SMILES string of the molecule is COC(=O)Cc1ccccc1C#Cc1nc(NC2C=CC(N3CCC(NC(=O)OC(C)(C)C)CC3)=CC2)ncc1C(F)(F)F. The Morgan fingerprint density at radius 3 is 2.48 bits per heavy atom. The Balaban J connectivity index is 1.39. The van der Waals surface area contributed by atoms with E-state index in [2.05, 4.69) is 43.4 Å². The summed E-state index contributed by atoms with van der Waals surface area (Å²) < 4.78 is 51.3. The maximum Gasteiger partial charge on any atom is 0.420 e. The number of hydrogen-bond donors (Lipinski definition) is 2. The highest BCUT2D eigenvalue weighted by atomic mass is 19.4. The molecule has 234 valence electrons. The van der Waals surface area contributed by atoms with Gasteiger partial charge in [0.15, 0.2) is 0 Å². The molecular weight excluding hydrogens is 575 g/mol. The zero-order valence-corrected chi connectivity index (χ0v) is 25.1. The molecule has 1 aliphatic carbocycles. The number of methoxy groups -OCH3 is 1. The van der Waals surface area contributed by atoms with Crippen LogP contribution >= 0.6 is 0 Å². The van der Waals surface area contributed by atoms with Crippen LogP contribution in [-0.4, -0.2) is 64.8 Å². The first kappa shape index (κ1) is 32.4. The number of aromatic nitrogens is 2. The normalized spacial score (nSPS) is 17.2. The summed E-state index contributed by atoms with van der Waals surface area (Å²) in [5.74, 6) is 4.80. The highest BCUT2D eigenvalue weighted by Crippen LogP contribution is 2.31. The van der Waals surface area contributed by atoms with E-state index < -0.39 is 35.1 Å². The number of nitrogens with zero attached hydrogens (tertiary/aromatic N) is 3. The van der Waals surface area contributed by atoms with Gasteiger partial charge in [-0.1, -0.05) is 36.3 Å². The third kappa shape index (κ3) is 9.23. The van der Waals surface area contributed by atoms with E-state index in [1.165, 1.54) is 7.11 Å². The van der Waals surface area contributed by atoms with Crippen molar-refractivity contribution in [2.24, 2.45) is 0 Å². The number of benzene rings is 1. The molecule has 2 N–H and O–H groups in total. The van der Waals surface area contributed by atoms with E-state index in [9.17, 15) is 22.8 Å². The predicted molar refractivity (Wildman–Crippen MR) is 158 cm³/mol. The van der Waals surface area contributed by atoms with E-state index >= 15 is 0 Å². The van der Waals surface area contributed by atoms with Crippen LogP contribution in [0.4, 0.5) is 23.9 Å². The number of carbonyl (C=O) groups excluding carboxylic acids is 2. The van der Waals surface area contributed by atoms with Crippen molar-refractivity contribution in [3.8, 4) is 11.8 Å². The van der Waals surface area contributed by atoms with Gasteiger partial charge >= 0.3 is 18.2 Å². The highest BCUT2D eigenvalue weighted by molar-refractivity contribution is 5.73. The Bertz CT molecular complexity index is 1480. The molecule has 1 aliphatic heterocycles. The Kier molecular flexibility index (Phi) is 10.2. The zero-order chi connectivity index (χ0) is 31.9. The van der Waals surface area contributed by atoms with Gasteiger partial charge in [-0.05, 0) is 63.7 Å². The van der Waals surface area contributed by atoms with Crippen LogP contribution in [0.2, 0.25) is 0 Å². The standard InChI is InChI=1S/C32H36F3N5O4/c1-31(2,3)44-30(42)38-24-15-17-40(18-16-24)25-12-10-23(11-13-25)37-29-36-20-26(32(33,34)35)27(39-29)14-9-21-7-5-6-8-22(21)19-28(41)43-4/h5-8,10,12-13,20,23-24H,11,15-19H2,1-4H3,(H,38,42)(H,36,37,39). The van der Waals surface area contributed by atoms with E-state index in [1.807, 2.05) is 32.9 Å². The molecule has 1 saturated heterocycles. The maximum atomic E-state index is 13.8. The molecule has 2 heterocycles. The van der Waals surface area contributed by atoms with Crippen LogP contribution in [0, 0.1) is 11.8 Å². The first-order valence-corrected chi connectivity index (χ1v) is 14.3. The Morgan fingerprint density at radius 1 is 1.11 bits per heavy atom. The topological polar surface area (TPSA) is 106 Å². The molecule has 0 bridgehead atoms. The van der Waals surface area contributed by atoms with Crippen LogP contribution in [0.5, 0.6) is 0 Å². The summed E-state index contributed by atoms with van der Waals surface area (Å²) in [6.07, 6.45) is 3.64. The van der Waals surface area contributed by atoms with Crippen molar-refractivity contribution in [2.75, 3.05) is 25.5 Å². The van der Waals surface area contributed by atoms with Gasteiger partial charge in [-0.3, -0.25) is 4.79 Å². The number of halogens is 3. The summed E-state index contributed by atoms with van der Waals surface area (Å²) in [6.45, 7) is 7.01. The maximum absolute atomic E-state index is 13.8. The fourth-order valence-electron chi connectivity index (χ4n) is 4.78. The minimum atomic E-state index is -4.70. The molecule has 0 saturated carbocycles. The Morgan fingerprint density at radius 2 is 1.84 bits per heavy atom. The molecule has 12 heteroatoms. The molecule has 0 radical (unpaired) electrons. The lowest BCUT2D eigenvalue weighted by Crippen LogP contribution is -2.45. The van der Waals surface area contributed by atoms with E-state index in [4.69, 9.17) is 9.47 Å². The molecule has 9 nitrogen and oxygen atoms in total. The number of rotatable bonds is 6. The molecule has 2 aromatic rings. The molecule has 1 fully saturated rings. The van der Waals surface area contributed by atoms with Crippen LogP contribution in [0.25, 0.3) is 0 Å². The van der Waals surface area contributed by atoms with Gasteiger partial charge < -0.3 is 25.0 Å². The second-order valence-electron chi connectivity index (χ2n) is 11.5. The number of likely N-dealkylation sites (tertiary alicyclic amines) is 1. The lowest BCUT2D eigenvalue weighted by Gasteiger charge is -2.36. The van der Waals surface area contributed by atoms with Crippen LogP contribution in [-0.2, 0) is 26.9 Å². The molecule has 1 unspecified atom stereocenters. The number of ether oxygens (including phenoxy) is 2. The number of nitrogens with one attached hydrogen (secondary N) is 2. The van der Waals surface area contributed by atoms with Crippen LogP contribution in [0.15, 0.2) is 54.4 Å². The number of esters is 1. The van der Waals surface area contributed by atoms with Crippen molar-refractivity contribution < 1.29 is 32.2 Å². The first-order valence-electron chi connectivity index (χ1n) is 14.3. The molecule has 44 heavy (non-hydrogen) atoms. The summed E-state index contributed by atoms with van der Waals surface area (Å²) >= 11 is 0. The van der Waals surface area contributed by atoms with Gasteiger partial charge in [0.25, 0.3) is 0 Å². The smallest absolute Gasteiger partial charge is 0.420 e. The number of alkyl halides is 3. The third-order valence-electron chi connectivity index (χ3n) is 6.97. The lowest BCUT2D eigenvalue weighted by atomic mass is 10.0. The van der Waals surface area contributed by atoms with Crippen LogP contribution in [0.1, 0.15) is 62.4 Å². The van der Waals surface area contributed by atoms with E-state index in [0.717, 1.165) is 37.8 Å². The average Bonchev–Trinajstić information content (AvgIpc) is 2.96. The van der Waals surface area contributed by atoms with Crippen LogP contribution < -0.4 is 10.6 Å². The predicted octanol–water partition coefficient (Wildman–Crippen LogP) is 5.22. The molecule has 2 aliphatic rings. The number of piperidine rings is 1. The van der Waals surface area contributed by atoms with Gasteiger partial charge in [-0.2, -0.15) is 13.2 Å².